The Morgan fingerprint density at radius 2 is 1.63 bits per heavy atom. The zero-order valence-electron chi connectivity index (χ0n) is 32.6. The second-order valence-corrected chi connectivity index (χ2v) is 13.7. The van der Waals surface area contributed by atoms with Crippen molar-refractivity contribution in [2.75, 3.05) is 45.8 Å². The number of aliphatic carboxylic acids is 1. The highest BCUT2D eigenvalue weighted by atomic mass is 35.5. The molecule has 9 N–H and O–H groups in total. The number of rotatable bonds is 22. The van der Waals surface area contributed by atoms with E-state index in [2.05, 4.69) is 36.9 Å². The molecule has 0 bridgehead atoms. The molecule has 4 rings (SSSR count). The molecule has 1 fully saturated rings. The number of aliphatic hydroxyl groups excluding tert-OH is 3. The minimum Gasteiger partial charge on any atom is -0.493 e. The number of carbonyl (C=O) groups excluding carboxylic acids is 5. The van der Waals surface area contributed by atoms with Crippen LogP contribution >= 0.6 is 11.6 Å². The van der Waals surface area contributed by atoms with Gasteiger partial charge in [0.25, 0.3) is 5.91 Å². The van der Waals surface area contributed by atoms with Gasteiger partial charge in [0.15, 0.2) is 17.8 Å². The average molecular weight is 863 g/mol. The fraction of sp³-hybridized carbons (Fsp3) is 0.459. The Bertz CT molecular complexity index is 1980. The summed E-state index contributed by atoms with van der Waals surface area (Å²) in [5.41, 5.74) is 1.78. The van der Waals surface area contributed by atoms with Gasteiger partial charge in [-0.2, -0.15) is 0 Å². The molecule has 0 radical (unpaired) electrons. The van der Waals surface area contributed by atoms with E-state index in [0.717, 1.165) is 0 Å². The summed E-state index contributed by atoms with van der Waals surface area (Å²) in [4.78, 5) is 71.8. The summed E-state index contributed by atoms with van der Waals surface area (Å²) in [5.74, 6) is -3.62. The number of nitrogens with one attached hydrogen (secondary N) is 5. The Morgan fingerprint density at radius 1 is 0.917 bits per heavy atom. The van der Waals surface area contributed by atoms with E-state index in [1.54, 1.807) is 30.5 Å². The van der Waals surface area contributed by atoms with E-state index in [0.29, 0.717) is 36.3 Å². The molecular formula is C37H47ClN8O14. The zero-order chi connectivity index (χ0) is 43.8. The highest BCUT2D eigenvalue weighted by Crippen LogP contribution is 2.37. The van der Waals surface area contributed by atoms with Gasteiger partial charge >= 0.3 is 5.97 Å². The number of hydrogen-bond acceptors (Lipinski definition) is 15. The van der Waals surface area contributed by atoms with Crippen LogP contribution in [0.15, 0.2) is 42.6 Å². The Hall–Kier alpha value is -5.91. The van der Waals surface area contributed by atoms with Gasteiger partial charge in [-0.05, 0) is 36.2 Å². The standard InChI is InChI=1S/C37H47ClN8O14/c1-57-25-13-21(36(56)43-32-34(55)33(54)26(18-47)60-37(32)58-2)12-24(38)35(25)59-19-20-5-3-6-22(11-20)42-28(49)9-8-23-17-46(45-44-23)10-4-7-27(48)39-14-29(50)40-15-30(51)41-16-31(52)53/h3,5-6,11-13,17,26,32-34,37,47,54-55H,4,7-10,14-16,18-19H2,1-2H3,(H,39,48)(H,40,50)(H,41,51)(H,42,49)(H,43,56)(H,52,53)/t26-,32-,33-,34-,37+/m1/s1. The van der Waals surface area contributed by atoms with Gasteiger partial charge in [0.2, 0.25) is 23.6 Å². The van der Waals surface area contributed by atoms with E-state index in [1.807, 2.05) is 0 Å². The molecule has 2 heterocycles. The first-order valence-electron chi connectivity index (χ1n) is 18.5. The second kappa shape index (κ2) is 23.0. The maximum absolute atomic E-state index is 13.2. The van der Waals surface area contributed by atoms with Crippen molar-refractivity contribution in [3.63, 3.8) is 0 Å². The van der Waals surface area contributed by atoms with Crippen molar-refractivity contribution in [2.24, 2.45) is 0 Å². The molecule has 60 heavy (non-hydrogen) atoms. The van der Waals surface area contributed by atoms with Gasteiger partial charge in [-0.25, -0.2) is 0 Å². The van der Waals surface area contributed by atoms with E-state index < -0.39 is 79.9 Å². The molecule has 3 aromatic rings. The van der Waals surface area contributed by atoms with Gasteiger partial charge < -0.3 is 66.0 Å². The van der Waals surface area contributed by atoms with Gasteiger partial charge in [-0.15, -0.1) is 5.10 Å². The summed E-state index contributed by atoms with van der Waals surface area (Å²) in [7, 11) is 2.65. The lowest BCUT2D eigenvalue weighted by Crippen LogP contribution is -2.64. The quantitative estimate of drug-likeness (QED) is 0.0555. The number of carbonyl (C=O) groups is 6. The highest BCUT2D eigenvalue weighted by Gasteiger charge is 2.45. The fourth-order valence-electron chi connectivity index (χ4n) is 5.73. The van der Waals surface area contributed by atoms with Crippen molar-refractivity contribution in [3.05, 3.63) is 64.4 Å². The third-order valence-electron chi connectivity index (χ3n) is 8.81. The monoisotopic (exact) mass is 862 g/mol. The molecule has 0 saturated carbocycles. The number of carboxylic acids is 1. The maximum Gasteiger partial charge on any atom is 0.322 e. The van der Waals surface area contributed by atoms with Crippen LogP contribution < -0.4 is 36.1 Å². The topological polar surface area (TPSA) is 311 Å². The molecule has 5 atom stereocenters. The summed E-state index contributed by atoms with van der Waals surface area (Å²) >= 11 is 6.52. The molecule has 0 unspecified atom stereocenters. The van der Waals surface area contributed by atoms with Gasteiger partial charge in [-0.3, -0.25) is 33.4 Å². The zero-order valence-corrected chi connectivity index (χ0v) is 33.3. The Morgan fingerprint density at radius 3 is 2.32 bits per heavy atom. The molecule has 1 aliphatic heterocycles. The summed E-state index contributed by atoms with van der Waals surface area (Å²) in [6.45, 7) is -1.57. The Balaban J connectivity index is 1.19. The van der Waals surface area contributed by atoms with Gasteiger partial charge in [0.05, 0.1) is 37.5 Å². The SMILES string of the molecule is COc1cc(C(=O)N[C@H]2[C@@H](OC)O[C@H](CO)[C@@H](O)[C@@H]2O)cc(Cl)c1OCc1cccc(NC(=O)CCc2cn(CCCC(=O)NCC(=O)NCC(=O)NCC(=O)O)nn2)c1. The van der Waals surface area contributed by atoms with Gasteiger partial charge in [-0.1, -0.05) is 28.9 Å². The second-order valence-electron chi connectivity index (χ2n) is 13.3. The van der Waals surface area contributed by atoms with E-state index in [-0.39, 0.29) is 54.0 Å². The lowest BCUT2D eigenvalue weighted by atomic mass is 9.96. The molecule has 23 heteroatoms. The summed E-state index contributed by atoms with van der Waals surface area (Å²) in [6.07, 6.45) is -2.76. The van der Waals surface area contributed by atoms with Gasteiger partial charge in [0, 0.05) is 50.4 Å². The average Bonchev–Trinajstić information content (AvgIpc) is 3.69. The Kier molecular flexibility index (Phi) is 18.0. The van der Waals surface area contributed by atoms with Crippen LogP contribution in [-0.4, -0.2) is 142 Å². The van der Waals surface area contributed by atoms with Crippen molar-refractivity contribution in [3.8, 4) is 11.5 Å². The number of anilines is 1. The van der Waals surface area contributed by atoms with Crippen molar-refractivity contribution < 1.29 is 68.1 Å². The molecule has 22 nitrogen and oxygen atoms in total. The number of amides is 5. The normalized spacial score (nSPS) is 18.5. The third kappa shape index (κ3) is 14.1. The van der Waals surface area contributed by atoms with Crippen molar-refractivity contribution >= 4 is 52.8 Å². The number of halogens is 1. The van der Waals surface area contributed by atoms with E-state index in [9.17, 15) is 44.1 Å². The highest BCUT2D eigenvalue weighted by molar-refractivity contribution is 6.32. The predicted octanol–water partition coefficient (Wildman–Crippen LogP) is -1.51. The smallest absolute Gasteiger partial charge is 0.322 e. The molecular weight excluding hydrogens is 816 g/mol. The number of aliphatic hydroxyl groups is 3. The van der Waals surface area contributed by atoms with E-state index in [4.69, 9.17) is 35.7 Å². The number of aromatic nitrogens is 3. The maximum atomic E-state index is 13.2. The third-order valence-corrected chi connectivity index (χ3v) is 9.09. The first kappa shape index (κ1) is 46.8. The molecule has 0 spiro atoms. The number of benzene rings is 2. The van der Waals surface area contributed by atoms with Crippen LogP contribution in [0.3, 0.4) is 0 Å². The summed E-state index contributed by atoms with van der Waals surface area (Å²) in [6, 6.07) is 8.44. The van der Waals surface area contributed by atoms with E-state index in [1.165, 1.54) is 31.0 Å². The Labute approximate surface area is 347 Å². The first-order valence-corrected chi connectivity index (χ1v) is 18.8. The number of carboxylic acid groups (broad SMARTS) is 1. The summed E-state index contributed by atoms with van der Waals surface area (Å²) in [5, 5.41) is 59.1. The number of methoxy groups -OCH3 is 2. The first-order chi connectivity index (χ1) is 28.7. The lowest BCUT2D eigenvalue weighted by Gasteiger charge is -2.41. The minimum absolute atomic E-state index is 0.00806. The predicted molar refractivity (Wildman–Crippen MR) is 208 cm³/mol. The molecule has 326 valence electrons. The molecule has 1 aromatic heterocycles. The van der Waals surface area contributed by atoms with E-state index >= 15 is 0 Å². The molecule has 0 aliphatic carbocycles. The van der Waals surface area contributed by atoms with Crippen LogP contribution in [0.5, 0.6) is 11.5 Å². The molecule has 2 aromatic carbocycles. The molecule has 1 saturated heterocycles. The fourth-order valence-corrected chi connectivity index (χ4v) is 6.00. The number of hydrogen-bond donors (Lipinski definition) is 9. The largest absolute Gasteiger partial charge is 0.493 e. The van der Waals surface area contributed by atoms with Crippen LogP contribution in [0.1, 0.15) is 40.9 Å². The van der Waals surface area contributed by atoms with Crippen LogP contribution in [0.25, 0.3) is 0 Å². The van der Waals surface area contributed by atoms with Crippen LogP contribution in [0.2, 0.25) is 5.02 Å². The minimum atomic E-state index is -1.51. The number of aryl methyl sites for hydroxylation is 2. The molecule has 5 amide bonds. The van der Waals surface area contributed by atoms with Gasteiger partial charge in [0.1, 0.15) is 37.5 Å². The number of nitrogens with zero attached hydrogens (tertiary/aromatic N) is 3. The summed E-state index contributed by atoms with van der Waals surface area (Å²) < 4.78 is 23.6. The van der Waals surface area contributed by atoms with Crippen LogP contribution in [0, 0.1) is 0 Å². The lowest BCUT2D eigenvalue weighted by molar-refractivity contribution is -0.261. The van der Waals surface area contributed by atoms with Crippen molar-refractivity contribution in [2.45, 2.75) is 69.5 Å². The van der Waals surface area contributed by atoms with Crippen molar-refractivity contribution in [1.29, 1.82) is 0 Å². The molecule has 1 aliphatic rings. The van der Waals surface area contributed by atoms with Crippen molar-refractivity contribution in [1.82, 2.24) is 36.3 Å². The number of ether oxygens (including phenoxy) is 4. The van der Waals surface area contributed by atoms with Crippen LogP contribution in [0.4, 0.5) is 5.69 Å². The van der Waals surface area contributed by atoms with Crippen LogP contribution in [-0.2, 0) is 53.0 Å².